The highest BCUT2D eigenvalue weighted by Crippen LogP contribution is 2.32. The zero-order valence-electron chi connectivity index (χ0n) is 19.2. The molecule has 0 saturated heterocycles. The molecule has 0 spiro atoms. The third-order valence-corrected chi connectivity index (χ3v) is 7.28. The number of halogens is 1. The zero-order valence-corrected chi connectivity index (χ0v) is 20.8. The molecule has 0 saturated carbocycles. The van der Waals surface area contributed by atoms with Gasteiger partial charge in [-0.05, 0) is 72.1 Å². The van der Waals surface area contributed by atoms with Crippen molar-refractivity contribution < 1.29 is 9.21 Å². The molecule has 2 heterocycles. The SMILES string of the molecule is CCn1c2ccc(Br)cc2c2cc(CCC(=O)c3cc4c(ccc5ccccc54)oc3=O)ccc21. The van der Waals surface area contributed by atoms with E-state index < -0.39 is 5.63 Å². The number of benzene rings is 4. The van der Waals surface area contributed by atoms with E-state index >= 15 is 0 Å². The third kappa shape index (κ3) is 3.67. The topological polar surface area (TPSA) is 52.2 Å². The van der Waals surface area contributed by atoms with Crippen molar-refractivity contribution in [2.45, 2.75) is 26.3 Å². The maximum atomic E-state index is 13.1. The van der Waals surface area contributed by atoms with Crippen LogP contribution in [0.15, 0.2) is 92.5 Å². The van der Waals surface area contributed by atoms with Crippen LogP contribution in [0, 0.1) is 0 Å². The van der Waals surface area contributed by atoms with Crippen LogP contribution in [0.25, 0.3) is 43.5 Å². The quantitative estimate of drug-likeness (QED) is 0.132. The largest absolute Gasteiger partial charge is 0.422 e. The van der Waals surface area contributed by atoms with Crippen molar-refractivity contribution in [3.8, 4) is 0 Å². The van der Waals surface area contributed by atoms with Crippen molar-refractivity contribution in [2.24, 2.45) is 0 Å². The Balaban J connectivity index is 1.34. The summed E-state index contributed by atoms with van der Waals surface area (Å²) in [6.45, 7) is 3.03. The minimum absolute atomic E-state index is 0.112. The van der Waals surface area contributed by atoms with E-state index in [0.717, 1.165) is 32.7 Å². The lowest BCUT2D eigenvalue weighted by Gasteiger charge is -2.06. The maximum Gasteiger partial charge on any atom is 0.347 e. The van der Waals surface area contributed by atoms with E-state index in [2.05, 4.69) is 63.8 Å². The molecule has 0 radical (unpaired) electrons. The summed E-state index contributed by atoms with van der Waals surface area (Å²) in [4.78, 5) is 25.7. The van der Waals surface area contributed by atoms with Gasteiger partial charge in [-0.3, -0.25) is 4.79 Å². The summed E-state index contributed by atoms with van der Waals surface area (Å²) in [6.07, 6.45) is 0.789. The number of hydrogen-bond donors (Lipinski definition) is 0. The molecule has 0 amide bonds. The van der Waals surface area contributed by atoms with Crippen molar-refractivity contribution in [1.29, 1.82) is 0 Å². The number of carbonyl (C=O) groups excluding carboxylic acids is 1. The summed E-state index contributed by atoms with van der Waals surface area (Å²) in [5.41, 5.74) is 3.47. The molecule has 35 heavy (non-hydrogen) atoms. The standard InChI is InChI=1S/C30H22BrNO3/c1-2-32-26-11-7-18(15-22(26)23-16-20(31)10-12-27(23)32)8-13-28(33)25-17-24-21-6-4-3-5-19(21)9-14-29(24)35-30(25)34/h3-7,9-12,14-17H,2,8,13H2,1H3. The monoisotopic (exact) mass is 523 g/mol. The lowest BCUT2D eigenvalue weighted by Crippen LogP contribution is -2.14. The van der Waals surface area contributed by atoms with Crippen LogP contribution >= 0.6 is 15.9 Å². The molecule has 4 aromatic carbocycles. The molecule has 172 valence electrons. The molecule has 0 unspecified atom stereocenters. The molecule has 6 aromatic rings. The third-order valence-electron chi connectivity index (χ3n) is 6.79. The summed E-state index contributed by atoms with van der Waals surface area (Å²) in [5.74, 6) is -0.201. The number of carbonyl (C=O) groups is 1. The van der Waals surface area contributed by atoms with Gasteiger partial charge in [0.05, 0.1) is 0 Å². The molecule has 6 rings (SSSR count). The van der Waals surface area contributed by atoms with Gasteiger partial charge in [0.1, 0.15) is 11.1 Å². The number of aryl methyl sites for hydroxylation is 2. The molecule has 0 fully saturated rings. The number of nitrogens with zero attached hydrogens (tertiary/aromatic N) is 1. The first-order chi connectivity index (χ1) is 17.0. The second-order valence-electron chi connectivity index (χ2n) is 8.83. The van der Waals surface area contributed by atoms with E-state index in [1.54, 1.807) is 12.1 Å². The average molecular weight is 524 g/mol. The van der Waals surface area contributed by atoms with Crippen molar-refractivity contribution in [2.75, 3.05) is 0 Å². The van der Waals surface area contributed by atoms with E-state index in [0.29, 0.717) is 12.0 Å². The molecule has 0 aliphatic rings. The average Bonchev–Trinajstić information content (AvgIpc) is 3.18. The summed E-state index contributed by atoms with van der Waals surface area (Å²) in [5, 5.41) is 5.15. The van der Waals surface area contributed by atoms with Gasteiger partial charge in [0.15, 0.2) is 5.78 Å². The second-order valence-corrected chi connectivity index (χ2v) is 9.74. The van der Waals surface area contributed by atoms with Gasteiger partial charge < -0.3 is 8.98 Å². The normalized spacial score (nSPS) is 11.7. The Morgan fingerprint density at radius 3 is 2.46 bits per heavy atom. The highest BCUT2D eigenvalue weighted by atomic mass is 79.9. The minimum Gasteiger partial charge on any atom is -0.422 e. The summed E-state index contributed by atoms with van der Waals surface area (Å²) in [6, 6.07) is 26.0. The van der Waals surface area contributed by atoms with Gasteiger partial charge in [0.2, 0.25) is 0 Å². The summed E-state index contributed by atoms with van der Waals surface area (Å²) < 4.78 is 8.86. The first-order valence-corrected chi connectivity index (χ1v) is 12.5. The van der Waals surface area contributed by atoms with E-state index in [4.69, 9.17) is 4.42 Å². The van der Waals surface area contributed by atoms with Gasteiger partial charge in [0.25, 0.3) is 0 Å². The molecule has 2 aromatic heterocycles. The predicted octanol–water partition coefficient (Wildman–Crippen LogP) is 7.65. The zero-order chi connectivity index (χ0) is 24.1. The molecule has 0 atom stereocenters. The van der Waals surface area contributed by atoms with Crippen molar-refractivity contribution in [3.05, 3.63) is 105 Å². The molecule has 5 heteroatoms. The molecule has 4 nitrogen and oxygen atoms in total. The predicted molar refractivity (Wildman–Crippen MR) is 145 cm³/mol. The van der Waals surface area contributed by atoms with E-state index in [1.165, 1.54) is 21.8 Å². The van der Waals surface area contributed by atoms with E-state index in [1.807, 2.05) is 30.3 Å². The Hall–Kier alpha value is -3.70. The Bertz CT molecular complexity index is 1840. The van der Waals surface area contributed by atoms with Gasteiger partial charge >= 0.3 is 5.63 Å². The number of ketones is 1. The molecule has 0 N–H and O–H groups in total. The number of fused-ring (bicyclic) bond motifs is 6. The number of aromatic nitrogens is 1. The minimum atomic E-state index is -0.580. The molecular formula is C30H22BrNO3. The summed E-state index contributed by atoms with van der Waals surface area (Å²) in [7, 11) is 0. The Morgan fingerprint density at radius 2 is 1.63 bits per heavy atom. The van der Waals surface area contributed by atoms with Crippen molar-refractivity contribution in [1.82, 2.24) is 4.57 Å². The number of rotatable bonds is 5. The van der Waals surface area contributed by atoms with E-state index in [9.17, 15) is 9.59 Å². The molecule has 0 aliphatic heterocycles. The first-order valence-electron chi connectivity index (χ1n) is 11.7. The van der Waals surface area contributed by atoms with Gasteiger partial charge in [-0.25, -0.2) is 4.79 Å². The van der Waals surface area contributed by atoms with Gasteiger partial charge in [0, 0.05) is 44.6 Å². The number of Topliss-reactive ketones (excluding diaryl/α,β-unsaturated/α-hetero) is 1. The van der Waals surface area contributed by atoms with Gasteiger partial charge in [-0.15, -0.1) is 0 Å². The van der Waals surface area contributed by atoms with Crippen LogP contribution < -0.4 is 5.63 Å². The highest BCUT2D eigenvalue weighted by Gasteiger charge is 2.16. The number of hydrogen-bond acceptors (Lipinski definition) is 3. The first kappa shape index (κ1) is 21.8. The Kier molecular flexibility index (Phi) is 5.30. The molecule has 0 aliphatic carbocycles. The second kappa shape index (κ2) is 8.51. The van der Waals surface area contributed by atoms with Crippen LogP contribution in [0.4, 0.5) is 0 Å². The van der Waals surface area contributed by atoms with Gasteiger partial charge in [-0.1, -0.05) is 52.3 Å². The van der Waals surface area contributed by atoms with Crippen LogP contribution in [0.2, 0.25) is 0 Å². The van der Waals surface area contributed by atoms with Crippen LogP contribution in [0.3, 0.4) is 0 Å². The lowest BCUT2D eigenvalue weighted by atomic mass is 10.00. The van der Waals surface area contributed by atoms with Crippen LogP contribution in [0.1, 0.15) is 29.3 Å². The molecular weight excluding hydrogens is 502 g/mol. The van der Waals surface area contributed by atoms with E-state index in [-0.39, 0.29) is 17.8 Å². The fourth-order valence-corrected chi connectivity index (χ4v) is 5.44. The fraction of sp³-hybridized carbons (Fsp3) is 0.133. The van der Waals surface area contributed by atoms with Crippen LogP contribution in [0.5, 0.6) is 0 Å². The maximum absolute atomic E-state index is 13.1. The highest BCUT2D eigenvalue weighted by molar-refractivity contribution is 9.10. The van der Waals surface area contributed by atoms with Crippen molar-refractivity contribution >= 4 is 65.3 Å². The Morgan fingerprint density at radius 1 is 0.857 bits per heavy atom. The lowest BCUT2D eigenvalue weighted by molar-refractivity contribution is 0.0979. The van der Waals surface area contributed by atoms with Gasteiger partial charge in [-0.2, -0.15) is 0 Å². The van der Waals surface area contributed by atoms with Crippen molar-refractivity contribution in [3.63, 3.8) is 0 Å². The Labute approximate surface area is 209 Å². The fourth-order valence-electron chi connectivity index (χ4n) is 5.08. The molecule has 0 bridgehead atoms. The smallest absolute Gasteiger partial charge is 0.347 e. The van der Waals surface area contributed by atoms with Crippen LogP contribution in [-0.4, -0.2) is 10.4 Å². The van der Waals surface area contributed by atoms with Crippen LogP contribution in [-0.2, 0) is 13.0 Å². The summed E-state index contributed by atoms with van der Waals surface area (Å²) >= 11 is 3.59.